The van der Waals surface area contributed by atoms with Gasteiger partial charge in [-0.25, -0.2) is 0 Å². The summed E-state index contributed by atoms with van der Waals surface area (Å²) >= 11 is 1.31. The number of carboxylic acids is 3. The summed E-state index contributed by atoms with van der Waals surface area (Å²) in [4.78, 5) is 35.1. The van der Waals surface area contributed by atoms with Crippen LogP contribution in [0.2, 0.25) is 0 Å². The van der Waals surface area contributed by atoms with Crippen LogP contribution in [-0.4, -0.2) is 50.0 Å². The highest BCUT2D eigenvalue weighted by molar-refractivity contribution is 7.99. The summed E-state index contributed by atoms with van der Waals surface area (Å²) in [7, 11) is 0. The number of rotatable bonds is 10. The molecule has 1 fully saturated rings. The number of aryl methyl sites for hydroxylation is 1. The van der Waals surface area contributed by atoms with Crippen LogP contribution in [0.5, 0.6) is 5.75 Å². The Labute approximate surface area is 207 Å². The van der Waals surface area contributed by atoms with Crippen LogP contribution in [0, 0.1) is 24.7 Å². The van der Waals surface area contributed by atoms with Crippen molar-refractivity contribution in [2.75, 3.05) is 6.26 Å². The van der Waals surface area contributed by atoms with E-state index in [0.29, 0.717) is 6.42 Å². The van der Waals surface area contributed by atoms with Crippen molar-refractivity contribution in [3.63, 3.8) is 0 Å². The maximum atomic E-state index is 11.8. The van der Waals surface area contributed by atoms with E-state index in [1.165, 1.54) is 11.8 Å². The molecule has 3 rings (SSSR count). The van der Waals surface area contributed by atoms with Crippen molar-refractivity contribution in [1.29, 1.82) is 0 Å². The second-order valence-corrected chi connectivity index (χ2v) is 9.91. The lowest BCUT2D eigenvalue weighted by Gasteiger charge is -2.46. The minimum absolute atomic E-state index is 0.176. The Morgan fingerprint density at radius 2 is 1.43 bits per heavy atom. The molecular formula is C26H30O8S. The maximum absolute atomic E-state index is 11.8. The summed E-state index contributed by atoms with van der Waals surface area (Å²) in [6.07, 6.45) is 0.698. The number of aromatic hydroxyl groups is 1. The first kappa shape index (κ1) is 26.6. The Hall–Kier alpha value is -3.04. The molecule has 35 heavy (non-hydrogen) atoms. The van der Waals surface area contributed by atoms with Gasteiger partial charge in [0, 0.05) is 18.3 Å². The van der Waals surface area contributed by atoms with E-state index in [9.17, 15) is 34.8 Å². The molecule has 0 amide bonds. The van der Waals surface area contributed by atoms with Crippen LogP contribution in [0.4, 0.5) is 0 Å². The number of ether oxygens (including phenoxy) is 1. The molecule has 0 unspecified atom stereocenters. The molecule has 1 saturated heterocycles. The third kappa shape index (κ3) is 6.76. The van der Waals surface area contributed by atoms with Crippen molar-refractivity contribution in [2.24, 2.45) is 17.8 Å². The van der Waals surface area contributed by atoms with Crippen molar-refractivity contribution in [1.82, 2.24) is 0 Å². The van der Waals surface area contributed by atoms with E-state index in [-0.39, 0.29) is 25.0 Å². The number of benzene rings is 2. The SMILES string of the molecule is CS[C@H]1O[C@H](c2ccc(C)c(Cc3ccc(O)cc3)c2)[C@@H](CC(=O)O)[C@@H](CC(=O)O)[C@@H]1CC(=O)O. The Morgan fingerprint density at radius 3 is 2.00 bits per heavy atom. The number of hydrogen-bond acceptors (Lipinski definition) is 6. The van der Waals surface area contributed by atoms with Gasteiger partial charge in [-0.1, -0.05) is 30.3 Å². The fraction of sp³-hybridized carbons (Fsp3) is 0.423. The number of aliphatic carboxylic acids is 3. The van der Waals surface area contributed by atoms with Crippen LogP contribution in [-0.2, 0) is 25.5 Å². The Morgan fingerprint density at radius 1 is 0.857 bits per heavy atom. The highest BCUT2D eigenvalue weighted by Crippen LogP contribution is 2.50. The highest BCUT2D eigenvalue weighted by atomic mass is 32.2. The average Bonchev–Trinajstić information content (AvgIpc) is 2.78. The first-order valence-electron chi connectivity index (χ1n) is 11.3. The van der Waals surface area contributed by atoms with Gasteiger partial charge >= 0.3 is 17.9 Å². The van der Waals surface area contributed by atoms with Crippen molar-refractivity contribution in [3.8, 4) is 5.75 Å². The van der Waals surface area contributed by atoms with Gasteiger partial charge in [0.05, 0.1) is 18.9 Å². The van der Waals surface area contributed by atoms with Gasteiger partial charge in [0.2, 0.25) is 0 Å². The lowest BCUT2D eigenvalue weighted by Crippen LogP contribution is -2.45. The van der Waals surface area contributed by atoms with Crippen LogP contribution in [0.25, 0.3) is 0 Å². The molecule has 1 aliphatic heterocycles. The zero-order chi connectivity index (χ0) is 25.7. The van der Waals surface area contributed by atoms with Gasteiger partial charge in [0.25, 0.3) is 0 Å². The van der Waals surface area contributed by atoms with Crippen LogP contribution in [0.1, 0.15) is 47.6 Å². The Bertz CT molecular complexity index is 1070. The smallest absolute Gasteiger partial charge is 0.303 e. The van der Waals surface area contributed by atoms with E-state index in [0.717, 1.165) is 22.3 Å². The third-order valence-corrected chi connectivity index (χ3v) is 7.54. The fourth-order valence-electron chi connectivity index (χ4n) is 4.95. The molecule has 0 bridgehead atoms. The van der Waals surface area contributed by atoms with E-state index >= 15 is 0 Å². The number of carboxylic acid groups (broad SMARTS) is 3. The minimum Gasteiger partial charge on any atom is -0.508 e. The largest absolute Gasteiger partial charge is 0.508 e. The molecule has 5 atom stereocenters. The summed E-state index contributed by atoms with van der Waals surface area (Å²) in [5.74, 6) is -5.12. The summed E-state index contributed by atoms with van der Waals surface area (Å²) in [6, 6.07) is 12.6. The molecule has 0 saturated carbocycles. The van der Waals surface area contributed by atoms with E-state index < -0.39 is 47.2 Å². The van der Waals surface area contributed by atoms with Gasteiger partial charge in [0.1, 0.15) is 11.2 Å². The molecule has 188 valence electrons. The van der Waals surface area contributed by atoms with E-state index in [1.54, 1.807) is 18.4 Å². The molecule has 0 aliphatic carbocycles. The number of hydrogen-bond donors (Lipinski definition) is 4. The topological polar surface area (TPSA) is 141 Å². The first-order chi connectivity index (χ1) is 16.6. The number of phenols is 1. The molecule has 2 aromatic rings. The second-order valence-electron chi connectivity index (χ2n) is 8.98. The van der Waals surface area contributed by atoms with Gasteiger partial charge in [-0.3, -0.25) is 14.4 Å². The summed E-state index contributed by atoms with van der Waals surface area (Å²) in [5, 5.41) is 38.3. The Balaban J connectivity index is 2.03. The number of carbonyl (C=O) groups is 3. The van der Waals surface area contributed by atoms with Crippen molar-refractivity contribution in [3.05, 3.63) is 64.7 Å². The molecule has 1 heterocycles. The van der Waals surface area contributed by atoms with E-state index in [4.69, 9.17) is 4.74 Å². The van der Waals surface area contributed by atoms with E-state index in [2.05, 4.69) is 0 Å². The molecule has 4 N–H and O–H groups in total. The van der Waals surface area contributed by atoms with Gasteiger partial charge < -0.3 is 25.2 Å². The molecular weight excluding hydrogens is 472 g/mol. The third-order valence-electron chi connectivity index (χ3n) is 6.61. The molecule has 0 aromatic heterocycles. The van der Waals surface area contributed by atoms with Gasteiger partial charge in [-0.2, -0.15) is 0 Å². The normalized spacial score (nSPS) is 24.1. The molecule has 9 heteroatoms. The lowest BCUT2D eigenvalue weighted by atomic mass is 9.70. The fourth-order valence-corrected chi connectivity index (χ4v) is 5.83. The zero-order valence-corrected chi connectivity index (χ0v) is 20.4. The first-order valence-corrected chi connectivity index (χ1v) is 12.6. The minimum atomic E-state index is -1.10. The van der Waals surface area contributed by atoms with Crippen molar-refractivity contribution >= 4 is 29.7 Å². The monoisotopic (exact) mass is 502 g/mol. The lowest BCUT2D eigenvalue weighted by molar-refractivity contribution is -0.161. The highest BCUT2D eigenvalue weighted by Gasteiger charge is 2.48. The van der Waals surface area contributed by atoms with Crippen molar-refractivity contribution in [2.45, 2.75) is 44.1 Å². The molecule has 1 aliphatic rings. The van der Waals surface area contributed by atoms with Crippen LogP contribution < -0.4 is 0 Å². The standard InChI is InChI=1S/C26H30O8S/c1-14-3-6-16(10-17(14)9-15-4-7-18(27)8-5-15)25-20(12-23(30)31)19(11-22(28)29)21(13-24(32)33)26(34-25)35-2/h3-8,10,19-21,25-27H,9,11-13H2,1-2H3,(H,28,29)(H,30,31)(H,32,33)/t19-,20+,21+,25-,26-/m1/s1. The molecule has 0 spiro atoms. The number of phenolic OH excluding ortho intramolecular Hbond substituents is 1. The number of thioether (sulfide) groups is 1. The predicted molar refractivity (Wildman–Crippen MR) is 130 cm³/mol. The van der Waals surface area contributed by atoms with Crippen molar-refractivity contribution < 1.29 is 39.5 Å². The quantitative estimate of drug-likeness (QED) is 0.373. The van der Waals surface area contributed by atoms with Crippen LogP contribution in [0.15, 0.2) is 42.5 Å². The second kappa shape index (κ2) is 11.6. The Kier molecular flexibility index (Phi) is 8.80. The maximum Gasteiger partial charge on any atom is 0.303 e. The average molecular weight is 503 g/mol. The summed E-state index contributed by atoms with van der Waals surface area (Å²) in [5.41, 5.74) is 3.15. The summed E-state index contributed by atoms with van der Waals surface area (Å²) < 4.78 is 6.33. The van der Waals surface area contributed by atoms with Gasteiger partial charge in [-0.15, -0.1) is 11.8 Å². The van der Waals surface area contributed by atoms with Crippen LogP contribution >= 0.6 is 11.8 Å². The summed E-state index contributed by atoms with van der Waals surface area (Å²) in [6.45, 7) is 1.97. The zero-order valence-electron chi connectivity index (χ0n) is 19.6. The molecule has 8 nitrogen and oxygen atoms in total. The van der Waals surface area contributed by atoms with Gasteiger partial charge in [0.15, 0.2) is 0 Å². The molecule has 2 aromatic carbocycles. The van der Waals surface area contributed by atoms with E-state index in [1.807, 2.05) is 37.3 Å². The van der Waals surface area contributed by atoms with Gasteiger partial charge in [-0.05, 0) is 59.9 Å². The molecule has 0 radical (unpaired) electrons. The predicted octanol–water partition coefficient (Wildman–Crippen LogP) is 4.32. The van der Waals surface area contributed by atoms with Crippen LogP contribution in [0.3, 0.4) is 0 Å².